The molecule has 0 bridgehead atoms. The van der Waals surface area contributed by atoms with Gasteiger partial charge in [0.25, 0.3) is 5.91 Å². The summed E-state index contributed by atoms with van der Waals surface area (Å²) < 4.78 is 10.7. The minimum Gasteiger partial charge on any atom is -0.493 e. The first-order valence-electron chi connectivity index (χ1n) is 7.48. The molecule has 0 saturated heterocycles. The number of carbonyl (C=O) groups is 1. The molecule has 7 heteroatoms. The van der Waals surface area contributed by atoms with E-state index in [1.165, 1.54) is 7.11 Å². The van der Waals surface area contributed by atoms with Crippen LogP contribution in [0.3, 0.4) is 0 Å². The maximum absolute atomic E-state index is 12.3. The van der Waals surface area contributed by atoms with Gasteiger partial charge in [-0.1, -0.05) is 25.4 Å². The van der Waals surface area contributed by atoms with Gasteiger partial charge in [-0.3, -0.25) is 4.79 Å². The van der Waals surface area contributed by atoms with Gasteiger partial charge in [0.15, 0.2) is 11.5 Å². The fourth-order valence-electron chi connectivity index (χ4n) is 1.99. The highest BCUT2D eigenvalue weighted by Crippen LogP contribution is 2.36. The van der Waals surface area contributed by atoms with E-state index in [0.717, 1.165) is 12.8 Å². The number of nitrogens with two attached hydrogens (primary N) is 1. The number of methoxy groups -OCH3 is 1. The second-order valence-corrected chi connectivity index (χ2v) is 5.58. The molecule has 1 amide bonds. The van der Waals surface area contributed by atoms with Crippen LogP contribution in [0, 0.1) is 0 Å². The summed E-state index contributed by atoms with van der Waals surface area (Å²) in [5.74, 6) is 0.642. The predicted octanol–water partition coefficient (Wildman–Crippen LogP) is 3.42. The van der Waals surface area contributed by atoms with Gasteiger partial charge in [0.05, 0.1) is 18.7 Å². The summed E-state index contributed by atoms with van der Waals surface area (Å²) in [6.07, 6.45) is 1.58. The third-order valence-electron chi connectivity index (χ3n) is 3.79. The Morgan fingerprint density at radius 2 is 1.91 bits per heavy atom. The van der Waals surface area contributed by atoms with Crippen molar-refractivity contribution in [3.63, 3.8) is 0 Å². The molecule has 3 N–H and O–H groups in total. The first-order valence-corrected chi connectivity index (χ1v) is 7.86. The Bertz CT molecular complexity index is 520. The quantitative estimate of drug-likeness (QED) is 0.740. The van der Waals surface area contributed by atoms with Crippen LogP contribution in [0.2, 0.25) is 5.02 Å². The first-order chi connectivity index (χ1) is 10.4. The van der Waals surface area contributed by atoms with E-state index in [-0.39, 0.29) is 18.3 Å². The highest BCUT2D eigenvalue weighted by molar-refractivity contribution is 6.32. The van der Waals surface area contributed by atoms with Gasteiger partial charge in [-0.05, 0) is 31.9 Å². The number of ether oxygens (including phenoxy) is 2. The Hall–Kier alpha value is -1.17. The molecule has 0 saturated carbocycles. The van der Waals surface area contributed by atoms with Crippen molar-refractivity contribution in [3.8, 4) is 11.5 Å². The van der Waals surface area contributed by atoms with E-state index in [9.17, 15) is 4.79 Å². The molecule has 0 aliphatic heterocycles. The number of hydrogen-bond acceptors (Lipinski definition) is 4. The average Bonchev–Trinajstić information content (AvgIpc) is 2.53. The van der Waals surface area contributed by atoms with Crippen molar-refractivity contribution in [2.75, 3.05) is 20.3 Å². The maximum Gasteiger partial charge on any atom is 0.251 e. The van der Waals surface area contributed by atoms with E-state index >= 15 is 0 Å². The molecule has 23 heavy (non-hydrogen) atoms. The van der Waals surface area contributed by atoms with Gasteiger partial charge in [-0.2, -0.15) is 0 Å². The summed E-state index contributed by atoms with van der Waals surface area (Å²) in [5.41, 5.74) is 6.21. The van der Waals surface area contributed by atoms with Crippen LogP contribution in [0.15, 0.2) is 12.1 Å². The molecular formula is C16H26Cl2N2O3. The van der Waals surface area contributed by atoms with Crippen LogP contribution in [-0.4, -0.2) is 31.7 Å². The lowest BCUT2D eigenvalue weighted by Crippen LogP contribution is -2.49. The lowest BCUT2D eigenvalue weighted by atomic mass is 9.94. The lowest BCUT2D eigenvalue weighted by Gasteiger charge is -2.26. The lowest BCUT2D eigenvalue weighted by molar-refractivity contribution is 0.0941. The van der Waals surface area contributed by atoms with Gasteiger partial charge < -0.3 is 20.5 Å². The second kappa shape index (κ2) is 9.85. The summed E-state index contributed by atoms with van der Waals surface area (Å²) in [6.45, 7) is 6.74. The fourth-order valence-corrected chi connectivity index (χ4v) is 2.26. The van der Waals surface area contributed by atoms with Gasteiger partial charge in [0, 0.05) is 17.6 Å². The summed E-state index contributed by atoms with van der Waals surface area (Å²) in [4.78, 5) is 12.3. The van der Waals surface area contributed by atoms with E-state index in [2.05, 4.69) is 5.32 Å². The van der Waals surface area contributed by atoms with Gasteiger partial charge in [-0.15, -0.1) is 12.4 Å². The van der Waals surface area contributed by atoms with Crippen molar-refractivity contribution < 1.29 is 14.3 Å². The summed E-state index contributed by atoms with van der Waals surface area (Å²) in [7, 11) is 1.51. The van der Waals surface area contributed by atoms with Crippen LogP contribution >= 0.6 is 24.0 Å². The highest BCUT2D eigenvalue weighted by Gasteiger charge is 2.22. The maximum atomic E-state index is 12.3. The molecule has 0 atom stereocenters. The van der Waals surface area contributed by atoms with Crippen LogP contribution in [0.25, 0.3) is 0 Å². The molecule has 1 aromatic carbocycles. The number of carbonyl (C=O) groups excluding carboxylic acids is 1. The zero-order valence-electron chi connectivity index (χ0n) is 14.1. The molecule has 5 nitrogen and oxygen atoms in total. The van der Waals surface area contributed by atoms with Crippen molar-refractivity contribution in [3.05, 3.63) is 22.7 Å². The molecule has 0 aromatic heterocycles. The summed E-state index contributed by atoms with van der Waals surface area (Å²) in [5, 5.41) is 3.20. The highest BCUT2D eigenvalue weighted by atomic mass is 35.5. The van der Waals surface area contributed by atoms with Crippen LogP contribution in [0.4, 0.5) is 0 Å². The molecular weight excluding hydrogens is 339 g/mol. The zero-order chi connectivity index (χ0) is 16.8. The van der Waals surface area contributed by atoms with Crippen LogP contribution in [-0.2, 0) is 0 Å². The molecule has 0 radical (unpaired) electrons. The smallest absolute Gasteiger partial charge is 0.251 e. The third kappa shape index (κ3) is 5.75. The fraction of sp³-hybridized carbons (Fsp3) is 0.562. The molecule has 0 fully saturated rings. The van der Waals surface area contributed by atoms with Crippen molar-refractivity contribution >= 4 is 29.9 Å². The molecule has 0 aliphatic carbocycles. The molecule has 132 valence electrons. The Morgan fingerprint density at radius 1 is 1.30 bits per heavy atom. The minimum absolute atomic E-state index is 0. The Balaban J connectivity index is 0.00000484. The van der Waals surface area contributed by atoms with Crippen molar-refractivity contribution in [2.24, 2.45) is 5.73 Å². The number of hydrogen-bond donors (Lipinski definition) is 2. The standard InChI is InChI=1S/C16H25ClN2O3.ClH/c1-5-16(18,6-2)10-19-15(20)11-8-12(17)14(22-7-3)13(9-11)21-4;/h8-9H,5-7,10,18H2,1-4H3,(H,19,20);1H. The molecule has 0 spiro atoms. The van der Waals surface area contributed by atoms with E-state index in [4.69, 9.17) is 26.8 Å². The number of benzene rings is 1. The van der Waals surface area contributed by atoms with E-state index in [1.807, 2.05) is 20.8 Å². The van der Waals surface area contributed by atoms with Gasteiger partial charge >= 0.3 is 0 Å². The average molecular weight is 365 g/mol. The SMILES string of the molecule is CCOc1c(Cl)cc(C(=O)NCC(N)(CC)CC)cc1OC.Cl. The normalized spacial score (nSPS) is 10.7. The van der Waals surface area contributed by atoms with Crippen LogP contribution in [0.1, 0.15) is 44.0 Å². The van der Waals surface area contributed by atoms with Crippen molar-refractivity contribution in [1.29, 1.82) is 0 Å². The third-order valence-corrected chi connectivity index (χ3v) is 4.07. The monoisotopic (exact) mass is 364 g/mol. The topological polar surface area (TPSA) is 73.6 Å². The number of rotatable bonds is 8. The Morgan fingerprint density at radius 3 is 2.39 bits per heavy atom. The predicted molar refractivity (Wildman–Crippen MR) is 96.3 cm³/mol. The number of nitrogens with one attached hydrogen (secondary N) is 1. The summed E-state index contributed by atoms with van der Waals surface area (Å²) in [6, 6.07) is 3.18. The van der Waals surface area contributed by atoms with Crippen molar-refractivity contribution in [1.82, 2.24) is 5.32 Å². The Kier molecular flexibility index (Phi) is 9.35. The van der Waals surface area contributed by atoms with E-state index in [0.29, 0.717) is 35.2 Å². The summed E-state index contributed by atoms with van der Waals surface area (Å²) >= 11 is 6.17. The van der Waals surface area contributed by atoms with Crippen molar-refractivity contribution in [2.45, 2.75) is 39.2 Å². The van der Waals surface area contributed by atoms with E-state index in [1.54, 1.807) is 12.1 Å². The van der Waals surface area contributed by atoms with Gasteiger partial charge in [-0.25, -0.2) is 0 Å². The van der Waals surface area contributed by atoms with Gasteiger partial charge in [0.2, 0.25) is 0 Å². The molecule has 1 aromatic rings. The van der Waals surface area contributed by atoms with Crippen LogP contribution in [0.5, 0.6) is 11.5 Å². The largest absolute Gasteiger partial charge is 0.493 e. The van der Waals surface area contributed by atoms with E-state index < -0.39 is 5.54 Å². The molecule has 1 rings (SSSR count). The first kappa shape index (κ1) is 21.8. The number of amides is 1. The van der Waals surface area contributed by atoms with Gasteiger partial charge in [0.1, 0.15) is 0 Å². The molecule has 0 heterocycles. The minimum atomic E-state index is -0.394. The zero-order valence-corrected chi connectivity index (χ0v) is 15.6. The molecule has 0 unspecified atom stereocenters. The Labute approximate surface area is 149 Å². The number of halogens is 2. The van der Waals surface area contributed by atoms with Crippen LogP contribution < -0.4 is 20.5 Å². The second-order valence-electron chi connectivity index (χ2n) is 5.17. The molecule has 0 aliphatic rings.